The number of aryl methyl sites for hydroxylation is 1. The normalized spacial score (nSPS) is 30.7. The van der Waals surface area contributed by atoms with E-state index in [1.807, 2.05) is 22.7 Å². The standard InChI is InChI=1S/C17H27N5OS/c1-19-7-4-18-17(19)24-13-16(23)22-10-8-21(9-11-22)15-12-20-5-2-14(15)3-6-20/h4,7,14-15H,2-3,5-6,8-13H2,1H3/t15-/m0/s1. The lowest BCUT2D eigenvalue weighted by atomic mass is 9.83. The highest BCUT2D eigenvalue weighted by Gasteiger charge is 2.38. The van der Waals surface area contributed by atoms with E-state index in [9.17, 15) is 4.79 Å². The molecule has 0 aromatic carbocycles. The molecule has 5 rings (SSSR count). The second-order valence-electron chi connectivity index (χ2n) is 7.23. The van der Waals surface area contributed by atoms with Crippen LogP contribution >= 0.6 is 11.8 Å². The van der Waals surface area contributed by atoms with Gasteiger partial charge in [0, 0.05) is 58.2 Å². The Labute approximate surface area is 148 Å². The van der Waals surface area contributed by atoms with E-state index in [-0.39, 0.29) is 5.91 Å². The first kappa shape index (κ1) is 16.4. The number of fused-ring (bicyclic) bond motifs is 3. The summed E-state index contributed by atoms with van der Waals surface area (Å²) in [7, 11) is 1.96. The molecule has 132 valence electrons. The fourth-order valence-corrected chi connectivity index (χ4v) is 5.19. The second-order valence-corrected chi connectivity index (χ2v) is 8.17. The predicted octanol–water partition coefficient (Wildman–Crippen LogP) is 0.751. The van der Waals surface area contributed by atoms with Crippen LogP contribution in [0.4, 0.5) is 0 Å². The lowest BCUT2D eigenvalue weighted by molar-refractivity contribution is -0.131. The summed E-state index contributed by atoms with van der Waals surface area (Å²) in [6, 6.07) is 0.728. The molecule has 7 heteroatoms. The number of hydrogen-bond acceptors (Lipinski definition) is 5. The van der Waals surface area contributed by atoms with Crippen LogP contribution in [-0.2, 0) is 11.8 Å². The van der Waals surface area contributed by atoms with Crippen LogP contribution in [0, 0.1) is 5.92 Å². The van der Waals surface area contributed by atoms with Gasteiger partial charge in [0.1, 0.15) is 0 Å². The van der Waals surface area contributed by atoms with E-state index in [1.165, 1.54) is 44.2 Å². The van der Waals surface area contributed by atoms with Crippen molar-refractivity contribution in [2.45, 2.75) is 24.0 Å². The molecule has 1 aromatic rings. The van der Waals surface area contributed by atoms with E-state index < -0.39 is 0 Å². The summed E-state index contributed by atoms with van der Waals surface area (Å²) in [5.41, 5.74) is 0. The van der Waals surface area contributed by atoms with Gasteiger partial charge in [0.05, 0.1) is 5.75 Å². The van der Waals surface area contributed by atoms with Gasteiger partial charge >= 0.3 is 0 Å². The molecule has 6 nitrogen and oxygen atoms in total. The lowest BCUT2D eigenvalue weighted by Gasteiger charge is -2.51. The molecule has 4 fully saturated rings. The minimum atomic E-state index is 0.247. The Morgan fingerprint density at radius 3 is 2.54 bits per heavy atom. The first-order valence-corrected chi connectivity index (χ1v) is 10.0. The van der Waals surface area contributed by atoms with Crippen LogP contribution in [0.15, 0.2) is 17.6 Å². The Balaban J connectivity index is 1.25. The average molecular weight is 350 g/mol. The van der Waals surface area contributed by atoms with Crippen molar-refractivity contribution in [3.63, 3.8) is 0 Å². The number of carbonyl (C=O) groups excluding carboxylic acids is 1. The number of hydrogen-bond donors (Lipinski definition) is 0. The molecule has 4 aliphatic heterocycles. The molecule has 2 bridgehead atoms. The average Bonchev–Trinajstić information content (AvgIpc) is 3.06. The molecule has 4 aliphatic rings. The quantitative estimate of drug-likeness (QED) is 0.751. The third-order valence-corrected chi connectivity index (χ3v) is 6.90. The summed E-state index contributed by atoms with van der Waals surface area (Å²) in [5, 5.41) is 0.911. The van der Waals surface area contributed by atoms with Crippen molar-refractivity contribution in [2.24, 2.45) is 13.0 Å². The lowest BCUT2D eigenvalue weighted by Crippen LogP contribution is -2.61. The van der Waals surface area contributed by atoms with Gasteiger partial charge in [0.25, 0.3) is 0 Å². The zero-order valence-corrected chi connectivity index (χ0v) is 15.2. The van der Waals surface area contributed by atoms with E-state index in [0.29, 0.717) is 5.75 Å². The molecule has 4 saturated heterocycles. The van der Waals surface area contributed by atoms with Gasteiger partial charge < -0.3 is 14.4 Å². The van der Waals surface area contributed by atoms with Crippen LogP contribution in [0.1, 0.15) is 12.8 Å². The Kier molecular flexibility index (Phi) is 4.83. The molecule has 0 N–H and O–H groups in total. The summed E-state index contributed by atoms with van der Waals surface area (Å²) < 4.78 is 1.96. The second kappa shape index (κ2) is 7.06. The van der Waals surface area contributed by atoms with Gasteiger partial charge in [-0.1, -0.05) is 11.8 Å². The number of imidazole rings is 1. The van der Waals surface area contributed by atoms with E-state index in [4.69, 9.17) is 0 Å². The Morgan fingerprint density at radius 1 is 1.21 bits per heavy atom. The van der Waals surface area contributed by atoms with Gasteiger partial charge in [-0.3, -0.25) is 9.69 Å². The van der Waals surface area contributed by atoms with Crippen LogP contribution < -0.4 is 0 Å². The molecule has 1 aromatic heterocycles. The maximum absolute atomic E-state index is 12.5. The third kappa shape index (κ3) is 3.34. The molecule has 0 spiro atoms. The zero-order valence-electron chi connectivity index (χ0n) is 14.4. The van der Waals surface area contributed by atoms with Gasteiger partial charge in [-0.05, 0) is 31.8 Å². The largest absolute Gasteiger partial charge is 0.339 e. The highest BCUT2D eigenvalue weighted by molar-refractivity contribution is 7.99. The number of rotatable bonds is 4. The molecule has 5 heterocycles. The fourth-order valence-electron chi connectivity index (χ4n) is 4.36. The fraction of sp³-hybridized carbons (Fsp3) is 0.765. The maximum atomic E-state index is 12.5. The number of thioether (sulfide) groups is 1. The van der Waals surface area contributed by atoms with Crippen molar-refractivity contribution in [1.82, 2.24) is 24.3 Å². The number of nitrogens with zero attached hydrogens (tertiary/aromatic N) is 5. The first-order valence-electron chi connectivity index (χ1n) is 9.05. The van der Waals surface area contributed by atoms with Crippen molar-refractivity contribution in [3.8, 4) is 0 Å². The highest BCUT2D eigenvalue weighted by atomic mass is 32.2. The first-order chi connectivity index (χ1) is 11.7. The molecule has 0 aliphatic carbocycles. The highest BCUT2D eigenvalue weighted by Crippen LogP contribution is 2.31. The molecule has 1 amide bonds. The Hall–Kier alpha value is -1.05. The van der Waals surface area contributed by atoms with Crippen LogP contribution in [0.2, 0.25) is 0 Å². The zero-order chi connectivity index (χ0) is 16.5. The summed E-state index contributed by atoms with van der Waals surface area (Å²) in [5.74, 6) is 1.62. The van der Waals surface area contributed by atoms with Crippen LogP contribution in [0.5, 0.6) is 0 Å². The van der Waals surface area contributed by atoms with Gasteiger partial charge in [0.15, 0.2) is 5.16 Å². The van der Waals surface area contributed by atoms with Crippen molar-refractivity contribution < 1.29 is 4.79 Å². The van der Waals surface area contributed by atoms with Crippen LogP contribution in [-0.4, -0.2) is 87.8 Å². The molecular formula is C17H27N5OS. The number of piperazine rings is 1. The van der Waals surface area contributed by atoms with Gasteiger partial charge in [-0.25, -0.2) is 4.98 Å². The smallest absolute Gasteiger partial charge is 0.233 e. The summed E-state index contributed by atoms with van der Waals surface area (Å²) in [6.45, 7) is 7.66. The topological polar surface area (TPSA) is 44.6 Å². The molecule has 0 unspecified atom stereocenters. The third-order valence-electron chi connectivity index (χ3n) is 5.86. The molecule has 24 heavy (non-hydrogen) atoms. The van der Waals surface area contributed by atoms with Crippen LogP contribution in [0.3, 0.4) is 0 Å². The molecular weight excluding hydrogens is 322 g/mol. The molecule has 0 saturated carbocycles. The number of carbonyl (C=O) groups is 1. The summed E-state index contributed by atoms with van der Waals surface area (Å²) in [4.78, 5) is 24.0. The minimum absolute atomic E-state index is 0.247. The van der Waals surface area contributed by atoms with Crippen molar-refractivity contribution in [3.05, 3.63) is 12.4 Å². The van der Waals surface area contributed by atoms with Crippen molar-refractivity contribution in [2.75, 3.05) is 51.6 Å². The predicted molar refractivity (Wildman–Crippen MR) is 95.0 cm³/mol. The van der Waals surface area contributed by atoms with E-state index in [1.54, 1.807) is 6.20 Å². The number of amides is 1. The van der Waals surface area contributed by atoms with Gasteiger partial charge in [-0.15, -0.1) is 0 Å². The van der Waals surface area contributed by atoms with Gasteiger partial charge in [0.2, 0.25) is 5.91 Å². The Bertz CT molecular complexity index is 575. The summed E-state index contributed by atoms with van der Waals surface area (Å²) >= 11 is 1.53. The van der Waals surface area contributed by atoms with E-state index >= 15 is 0 Å². The Morgan fingerprint density at radius 2 is 1.96 bits per heavy atom. The van der Waals surface area contributed by atoms with Gasteiger partial charge in [-0.2, -0.15) is 0 Å². The summed E-state index contributed by atoms with van der Waals surface area (Å²) in [6.07, 6.45) is 6.42. The van der Waals surface area contributed by atoms with Crippen LogP contribution in [0.25, 0.3) is 0 Å². The SMILES string of the molecule is Cn1ccnc1SCC(=O)N1CCN([C@H]2CN3CCC2CC3)CC1. The number of aromatic nitrogens is 2. The van der Waals surface area contributed by atoms with E-state index in [2.05, 4.69) is 14.8 Å². The molecule has 1 atom stereocenters. The minimum Gasteiger partial charge on any atom is -0.339 e. The molecule has 0 radical (unpaired) electrons. The van der Waals surface area contributed by atoms with Crippen molar-refractivity contribution >= 4 is 17.7 Å². The number of piperidine rings is 3. The van der Waals surface area contributed by atoms with E-state index in [0.717, 1.165) is 43.3 Å². The maximum Gasteiger partial charge on any atom is 0.233 e. The van der Waals surface area contributed by atoms with Crippen molar-refractivity contribution in [1.29, 1.82) is 0 Å². The monoisotopic (exact) mass is 349 g/mol.